The molecule has 0 saturated carbocycles. The predicted molar refractivity (Wildman–Crippen MR) is 94.3 cm³/mol. The zero-order chi connectivity index (χ0) is 17.2. The maximum atomic E-state index is 12.3. The van der Waals surface area contributed by atoms with Gasteiger partial charge in [0.1, 0.15) is 17.6 Å². The fourth-order valence-electron chi connectivity index (χ4n) is 3.07. The number of nitrogens with one attached hydrogen (secondary N) is 1. The summed E-state index contributed by atoms with van der Waals surface area (Å²) in [7, 11) is 1.72. The van der Waals surface area contributed by atoms with Crippen LogP contribution in [0, 0.1) is 0 Å². The van der Waals surface area contributed by atoms with Crippen LogP contribution in [0.1, 0.15) is 24.0 Å². The Hall–Kier alpha value is -2.67. The summed E-state index contributed by atoms with van der Waals surface area (Å²) >= 11 is 0. The average Bonchev–Trinajstić information content (AvgIpc) is 3.04. The van der Waals surface area contributed by atoms with E-state index in [9.17, 15) is 4.79 Å². The van der Waals surface area contributed by atoms with Crippen molar-refractivity contribution in [2.24, 2.45) is 12.0 Å². The summed E-state index contributed by atoms with van der Waals surface area (Å²) in [6, 6.07) is 5.51. The molecule has 7 heteroatoms. The average molecular weight is 340 g/mol. The van der Waals surface area contributed by atoms with Gasteiger partial charge in [-0.1, -0.05) is 0 Å². The first kappa shape index (κ1) is 15.8. The number of ether oxygens (including phenoxy) is 2. The maximum absolute atomic E-state index is 12.3. The number of pyridine rings is 2. The normalized spacial score (nSPS) is 17.1. The van der Waals surface area contributed by atoms with E-state index in [0.717, 1.165) is 24.0 Å². The molecule has 0 atom stereocenters. The molecule has 0 bridgehead atoms. The van der Waals surface area contributed by atoms with Gasteiger partial charge in [0.2, 0.25) is 5.88 Å². The van der Waals surface area contributed by atoms with Crippen LogP contribution in [0.2, 0.25) is 0 Å². The third-order valence-corrected chi connectivity index (χ3v) is 4.47. The van der Waals surface area contributed by atoms with Crippen LogP contribution in [0.25, 0.3) is 0 Å². The molecule has 0 aromatic carbocycles. The van der Waals surface area contributed by atoms with Crippen LogP contribution in [-0.4, -0.2) is 34.7 Å². The summed E-state index contributed by atoms with van der Waals surface area (Å²) in [6.07, 6.45) is 5.26. The van der Waals surface area contributed by atoms with Crippen LogP contribution in [0.15, 0.2) is 40.4 Å². The van der Waals surface area contributed by atoms with E-state index in [2.05, 4.69) is 15.3 Å². The number of rotatable bonds is 3. The first-order valence-electron chi connectivity index (χ1n) is 8.42. The molecule has 0 radical (unpaired) electrons. The maximum Gasteiger partial charge on any atom is 0.274 e. The van der Waals surface area contributed by atoms with Crippen molar-refractivity contribution in [3.63, 3.8) is 0 Å². The van der Waals surface area contributed by atoms with E-state index in [1.54, 1.807) is 25.5 Å². The third-order valence-electron chi connectivity index (χ3n) is 4.47. The standard InChI is InChI=1S/C18H20N4O3/c1-22-8-2-3-14(18(22)23)21-16-15-12(11-20-16)4-7-19-17(15)25-13-5-9-24-10-6-13/h2-4,7-8,13H,5-6,9-11H2,1H3,(H,20,21). The van der Waals surface area contributed by atoms with E-state index in [0.29, 0.717) is 37.2 Å². The molecule has 130 valence electrons. The second-order valence-corrected chi connectivity index (χ2v) is 6.21. The van der Waals surface area contributed by atoms with Crippen LogP contribution >= 0.6 is 0 Å². The Morgan fingerprint density at radius 2 is 2.16 bits per heavy atom. The number of aromatic nitrogens is 2. The molecule has 1 saturated heterocycles. The van der Waals surface area contributed by atoms with Gasteiger partial charge in [-0.2, -0.15) is 0 Å². The van der Waals surface area contributed by atoms with Crippen molar-refractivity contribution in [2.75, 3.05) is 18.5 Å². The number of hydrogen-bond acceptors (Lipinski definition) is 6. The Bertz CT molecular complexity index is 869. The molecule has 4 rings (SSSR count). The minimum atomic E-state index is -0.102. The molecule has 2 aliphatic rings. The van der Waals surface area contributed by atoms with Crippen LogP contribution < -0.4 is 15.6 Å². The zero-order valence-corrected chi connectivity index (χ0v) is 14.1. The van der Waals surface area contributed by atoms with Crippen LogP contribution in [0.3, 0.4) is 0 Å². The molecule has 0 amide bonds. The number of fused-ring (bicyclic) bond motifs is 1. The van der Waals surface area contributed by atoms with Gasteiger partial charge in [-0.15, -0.1) is 0 Å². The second-order valence-electron chi connectivity index (χ2n) is 6.21. The topological polar surface area (TPSA) is 77.7 Å². The van der Waals surface area contributed by atoms with Gasteiger partial charge in [-0.3, -0.25) is 9.79 Å². The summed E-state index contributed by atoms with van der Waals surface area (Å²) in [5, 5.41) is 3.16. The van der Waals surface area contributed by atoms with Gasteiger partial charge in [0.25, 0.3) is 5.56 Å². The summed E-state index contributed by atoms with van der Waals surface area (Å²) in [5.41, 5.74) is 2.28. The molecule has 0 unspecified atom stereocenters. The van der Waals surface area contributed by atoms with Gasteiger partial charge >= 0.3 is 0 Å². The van der Waals surface area contributed by atoms with Gasteiger partial charge < -0.3 is 19.4 Å². The van der Waals surface area contributed by atoms with E-state index in [-0.39, 0.29) is 11.7 Å². The molecule has 4 heterocycles. The molecular formula is C18H20N4O3. The molecule has 7 nitrogen and oxygen atoms in total. The quantitative estimate of drug-likeness (QED) is 0.920. The largest absolute Gasteiger partial charge is 0.474 e. The number of hydrogen-bond donors (Lipinski definition) is 1. The van der Waals surface area contributed by atoms with Crippen LogP contribution in [-0.2, 0) is 18.3 Å². The highest BCUT2D eigenvalue weighted by molar-refractivity contribution is 6.12. The van der Waals surface area contributed by atoms with Crippen molar-refractivity contribution in [1.29, 1.82) is 0 Å². The molecule has 2 aromatic heterocycles. The van der Waals surface area contributed by atoms with E-state index in [1.165, 1.54) is 4.57 Å². The Kier molecular flexibility index (Phi) is 4.23. The van der Waals surface area contributed by atoms with Crippen molar-refractivity contribution < 1.29 is 9.47 Å². The first-order valence-corrected chi connectivity index (χ1v) is 8.42. The van der Waals surface area contributed by atoms with E-state index >= 15 is 0 Å². The second kappa shape index (κ2) is 6.68. The Balaban J connectivity index is 1.62. The molecule has 25 heavy (non-hydrogen) atoms. The Morgan fingerprint density at radius 3 is 3.00 bits per heavy atom. The van der Waals surface area contributed by atoms with Crippen LogP contribution in [0.5, 0.6) is 5.88 Å². The highest BCUT2D eigenvalue weighted by Crippen LogP contribution is 2.28. The molecule has 0 aliphatic carbocycles. The smallest absolute Gasteiger partial charge is 0.274 e. The monoisotopic (exact) mass is 340 g/mol. The van der Waals surface area contributed by atoms with Crippen molar-refractivity contribution in [1.82, 2.24) is 9.55 Å². The van der Waals surface area contributed by atoms with Crippen molar-refractivity contribution in [3.8, 4) is 5.88 Å². The summed E-state index contributed by atoms with van der Waals surface area (Å²) in [6.45, 7) is 1.97. The lowest BCUT2D eigenvalue weighted by Crippen LogP contribution is -2.28. The Labute approximate surface area is 145 Å². The van der Waals surface area contributed by atoms with Gasteiger partial charge in [0.05, 0.1) is 25.3 Å². The summed E-state index contributed by atoms with van der Waals surface area (Å²) in [5.74, 6) is 1.20. The number of nitrogens with zero attached hydrogens (tertiary/aromatic N) is 3. The van der Waals surface area contributed by atoms with E-state index < -0.39 is 0 Å². The molecule has 2 aromatic rings. The number of aliphatic imine (C=N–C) groups is 1. The van der Waals surface area contributed by atoms with Gasteiger partial charge in [-0.25, -0.2) is 4.98 Å². The lowest BCUT2D eigenvalue weighted by atomic mass is 10.1. The van der Waals surface area contributed by atoms with Crippen molar-refractivity contribution in [3.05, 3.63) is 52.1 Å². The zero-order valence-electron chi connectivity index (χ0n) is 14.1. The fourth-order valence-corrected chi connectivity index (χ4v) is 3.07. The lowest BCUT2D eigenvalue weighted by Gasteiger charge is -2.24. The summed E-state index contributed by atoms with van der Waals surface area (Å²) < 4.78 is 13.0. The molecule has 2 aliphatic heterocycles. The van der Waals surface area contributed by atoms with E-state index in [1.807, 2.05) is 12.1 Å². The van der Waals surface area contributed by atoms with Crippen LogP contribution in [0.4, 0.5) is 5.69 Å². The molecular weight excluding hydrogens is 320 g/mol. The Morgan fingerprint density at radius 1 is 1.32 bits per heavy atom. The first-order chi connectivity index (χ1) is 12.2. The minimum absolute atomic E-state index is 0.0965. The molecule has 1 fully saturated rings. The predicted octanol–water partition coefficient (Wildman–Crippen LogP) is 1.71. The van der Waals surface area contributed by atoms with Crippen molar-refractivity contribution >= 4 is 11.5 Å². The van der Waals surface area contributed by atoms with Gasteiger partial charge in [0, 0.05) is 32.3 Å². The van der Waals surface area contributed by atoms with Crippen molar-refractivity contribution in [2.45, 2.75) is 25.5 Å². The fraction of sp³-hybridized carbons (Fsp3) is 0.389. The highest BCUT2D eigenvalue weighted by atomic mass is 16.5. The molecule has 1 N–H and O–H groups in total. The summed E-state index contributed by atoms with van der Waals surface area (Å²) in [4.78, 5) is 21.2. The minimum Gasteiger partial charge on any atom is -0.474 e. The third kappa shape index (κ3) is 3.15. The molecule has 0 spiro atoms. The number of amidine groups is 1. The number of anilines is 1. The SMILES string of the molecule is Cn1cccc(NC2=NCc3ccnc(OC4CCOCC4)c32)c1=O. The van der Waals surface area contributed by atoms with Gasteiger partial charge in [0.15, 0.2) is 0 Å². The lowest BCUT2D eigenvalue weighted by molar-refractivity contribution is 0.0236. The van der Waals surface area contributed by atoms with E-state index in [4.69, 9.17) is 9.47 Å². The number of aryl methyl sites for hydroxylation is 1. The highest BCUT2D eigenvalue weighted by Gasteiger charge is 2.25. The van der Waals surface area contributed by atoms with Gasteiger partial charge in [-0.05, 0) is 23.8 Å².